The lowest BCUT2D eigenvalue weighted by Gasteiger charge is -2.36. The molecule has 2 aromatic rings. The lowest BCUT2D eigenvalue weighted by molar-refractivity contribution is -0.151. The van der Waals surface area contributed by atoms with Crippen molar-refractivity contribution < 1.29 is 14.3 Å². The van der Waals surface area contributed by atoms with Crippen molar-refractivity contribution in [3.05, 3.63) is 41.7 Å². The summed E-state index contributed by atoms with van der Waals surface area (Å²) in [6.45, 7) is 5.21. The Labute approximate surface area is 187 Å². The first kappa shape index (κ1) is 21.7. The van der Waals surface area contributed by atoms with E-state index in [4.69, 9.17) is 9.72 Å². The van der Waals surface area contributed by atoms with Crippen molar-refractivity contribution in [1.29, 1.82) is 0 Å². The highest BCUT2D eigenvalue weighted by atomic mass is 32.1. The highest BCUT2D eigenvalue weighted by Crippen LogP contribution is 2.28. The molecule has 0 N–H and O–H groups in total. The third-order valence-electron chi connectivity index (χ3n) is 6.20. The number of esters is 1. The van der Waals surface area contributed by atoms with Crippen LogP contribution < -0.4 is 4.90 Å². The Bertz CT molecular complexity index is 872. The quantitative estimate of drug-likeness (QED) is 0.640. The minimum Gasteiger partial charge on any atom is -0.466 e. The zero-order valence-corrected chi connectivity index (χ0v) is 18.9. The summed E-state index contributed by atoms with van der Waals surface area (Å²) in [6, 6.07) is 10.3. The van der Waals surface area contributed by atoms with Gasteiger partial charge in [0.25, 0.3) is 0 Å². The monoisotopic (exact) mass is 442 g/mol. The van der Waals surface area contributed by atoms with Gasteiger partial charge in [-0.25, -0.2) is 4.98 Å². The van der Waals surface area contributed by atoms with Crippen molar-refractivity contribution in [3.8, 4) is 0 Å². The van der Waals surface area contributed by atoms with Crippen LogP contribution in [0.1, 0.15) is 44.0 Å². The number of anilines is 1. The summed E-state index contributed by atoms with van der Waals surface area (Å²) < 4.78 is 9.65. The first-order valence-corrected chi connectivity index (χ1v) is 12.0. The number of nitrogens with zero attached hydrogens (tertiary/aromatic N) is 4. The van der Waals surface area contributed by atoms with E-state index < -0.39 is 0 Å². The van der Waals surface area contributed by atoms with Crippen LogP contribution in [-0.4, -0.2) is 58.9 Å². The maximum Gasteiger partial charge on any atom is 0.309 e. The van der Waals surface area contributed by atoms with Gasteiger partial charge in [0.15, 0.2) is 0 Å². The molecular formula is C23H30N4O3S. The molecule has 4 rings (SSSR count). The van der Waals surface area contributed by atoms with E-state index in [0.29, 0.717) is 32.5 Å². The smallest absolute Gasteiger partial charge is 0.309 e. The number of benzene rings is 1. The Balaban J connectivity index is 1.24. The number of piperidine rings is 2. The number of amides is 1. The molecular weight excluding hydrogens is 412 g/mol. The number of hydrogen-bond acceptors (Lipinski definition) is 7. The second-order valence-electron chi connectivity index (χ2n) is 8.27. The summed E-state index contributed by atoms with van der Waals surface area (Å²) in [6.07, 6.45) is 3.83. The van der Waals surface area contributed by atoms with Crippen LogP contribution in [-0.2, 0) is 20.7 Å². The predicted molar refractivity (Wildman–Crippen MR) is 120 cm³/mol. The minimum absolute atomic E-state index is 0.0617. The molecule has 0 atom stereocenters. The second kappa shape index (κ2) is 10.2. The SMILES string of the molecule is CCOC(=O)C1CCN(C(=O)C2CCN(c3nc(Cc4ccccc4)ns3)CC2)CC1. The number of aromatic nitrogens is 2. The molecule has 1 aromatic carbocycles. The van der Waals surface area contributed by atoms with Gasteiger partial charge in [-0.1, -0.05) is 30.3 Å². The van der Waals surface area contributed by atoms with Crippen LogP contribution in [0.25, 0.3) is 0 Å². The standard InChI is InChI=1S/C23H30N4O3S/c1-2-30-22(29)19-10-12-26(13-11-19)21(28)18-8-14-27(15-9-18)23-24-20(25-31-23)16-17-6-4-3-5-7-17/h3-7,18-19H,2,8-16H2,1H3. The molecule has 1 amide bonds. The third kappa shape index (κ3) is 5.42. The van der Waals surface area contributed by atoms with Crippen molar-refractivity contribution in [2.24, 2.45) is 11.8 Å². The van der Waals surface area contributed by atoms with Crippen LogP contribution in [0.2, 0.25) is 0 Å². The van der Waals surface area contributed by atoms with Crippen LogP contribution >= 0.6 is 11.5 Å². The Morgan fingerprint density at radius 3 is 2.39 bits per heavy atom. The summed E-state index contributed by atoms with van der Waals surface area (Å²) >= 11 is 1.45. The largest absolute Gasteiger partial charge is 0.466 e. The van der Waals surface area contributed by atoms with E-state index in [1.54, 1.807) is 0 Å². The van der Waals surface area contributed by atoms with Gasteiger partial charge < -0.3 is 14.5 Å². The van der Waals surface area contributed by atoms with Crippen molar-refractivity contribution in [2.45, 2.75) is 39.0 Å². The molecule has 0 bridgehead atoms. The first-order chi connectivity index (χ1) is 15.1. The molecule has 2 saturated heterocycles. The Kier molecular flexibility index (Phi) is 7.17. The van der Waals surface area contributed by atoms with Gasteiger partial charge in [-0.3, -0.25) is 9.59 Å². The molecule has 1 aromatic heterocycles. The third-order valence-corrected chi connectivity index (χ3v) is 7.02. The van der Waals surface area contributed by atoms with Gasteiger partial charge in [0.1, 0.15) is 5.82 Å². The van der Waals surface area contributed by atoms with Crippen LogP contribution in [0.4, 0.5) is 5.13 Å². The molecule has 2 aliphatic heterocycles. The van der Waals surface area contributed by atoms with E-state index in [2.05, 4.69) is 21.4 Å². The predicted octanol–water partition coefficient (Wildman–Crippen LogP) is 3.15. The molecule has 0 aliphatic carbocycles. The normalized spacial score (nSPS) is 18.2. The van der Waals surface area contributed by atoms with Gasteiger partial charge in [0, 0.05) is 50.1 Å². The fourth-order valence-corrected chi connectivity index (χ4v) is 5.13. The van der Waals surface area contributed by atoms with Crippen molar-refractivity contribution in [2.75, 3.05) is 37.7 Å². The van der Waals surface area contributed by atoms with Gasteiger partial charge in [0.2, 0.25) is 11.0 Å². The summed E-state index contributed by atoms with van der Waals surface area (Å²) in [4.78, 5) is 33.8. The molecule has 8 heteroatoms. The van der Waals surface area contributed by atoms with E-state index in [-0.39, 0.29) is 23.7 Å². The molecule has 7 nitrogen and oxygen atoms in total. The maximum atomic E-state index is 13.0. The average Bonchev–Trinajstić information content (AvgIpc) is 3.28. The van der Waals surface area contributed by atoms with Gasteiger partial charge in [-0.15, -0.1) is 0 Å². The number of ether oxygens (including phenoxy) is 1. The molecule has 0 spiro atoms. The summed E-state index contributed by atoms with van der Waals surface area (Å²) in [5.74, 6) is 0.977. The molecule has 0 radical (unpaired) electrons. The lowest BCUT2D eigenvalue weighted by atomic mass is 9.92. The average molecular weight is 443 g/mol. The summed E-state index contributed by atoms with van der Waals surface area (Å²) in [5.41, 5.74) is 1.21. The van der Waals surface area contributed by atoms with Gasteiger partial charge >= 0.3 is 5.97 Å². The van der Waals surface area contributed by atoms with Crippen molar-refractivity contribution in [3.63, 3.8) is 0 Å². The highest BCUT2D eigenvalue weighted by Gasteiger charge is 2.33. The van der Waals surface area contributed by atoms with Crippen LogP contribution in [0.15, 0.2) is 30.3 Å². The molecule has 166 valence electrons. The number of carbonyl (C=O) groups excluding carboxylic acids is 2. The minimum atomic E-state index is -0.119. The van der Waals surface area contributed by atoms with Gasteiger partial charge in [0.05, 0.1) is 12.5 Å². The Morgan fingerprint density at radius 1 is 1.03 bits per heavy atom. The van der Waals surface area contributed by atoms with Crippen molar-refractivity contribution >= 4 is 28.5 Å². The Morgan fingerprint density at radius 2 is 1.71 bits per heavy atom. The topological polar surface area (TPSA) is 75.6 Å². The molecule has 2 fully saturated rings. The second-order valence-corrected chi connectivity index (χ2v) is 9.00. The maximum absolute atomic E-state index is 13.0. The van der Waals surface area contributed by atoms with Crippen LogP contribution in [0.5, 0.6) is 0 Å². The van der Waals surface area contributed by atoms with E-state index >= 15 is 0 Å². The zero-order chi connectivity index (χ0) is 21.6. The highest BCUT2D eigenvalue weighted by molar-refractivity contribution is 7.09. The number of rotatable bonds is 6. The van der Waals surface area contributed by atoms with E-state index in [0.717, 1.165) is 43.3 Å². The fourth-order valence-electron chi connectivity index (χ4n) is 4.40. The van der Waals surface area contributed by atoms with Crippen molar-refractivity contribution in [1.82, 2.24) is 14.3 Å². The van der Waals surface area contributed by atoms with Gasteiger partial charge in [-0.2, -0.15) is 4.37 Å². The fraction of sp³-hybridized carbons (Fsp3) is 0.565. The van der Waals surface area contributed by atoms with E-state index in [9.17, 15) is 9.59 Å². The molecule has 3 heterocycles. The zero-order valence-electron chi connectivity index (χ0n) is 18.0. The molecule has 2 aliphatic rings. The molecule has 0 saturated carbocycles. The number of likely N-dealkylation sites (tertiary alicyclic amines) is 1. The Hall–Kier alpha value is -2.48. The number of carbonyl (C=O) groups is 2. The summed E-state index contributed by atoms with van der Waals surface area (Å²) in [5, 5.41) is 0.951. The van der Waals surface area contributed by atoms with E-state index in [1.165, 1.54) is 17.1 Å². The number of hydrogen-bond donors (Lipinski definition) is 0. The van der Waals surface area contributed by atoms with Crippen LogP contribution in [0, 0.1) is 11.8 Å². The lowest BCUT2D eigenvalue weighted by Crippen LogP contribution is -2.46. The van der Waals surface area contributed by atoms with E-state index in [1.807, 2.05) is 30.0 Å². The van der Waals surface area contributed by atoms with Crippen LogP contribution in [0.3, 0.4) is 0 Å². The molecule has 0 unspecified atom stereocenters. The van der Waals surface area contributed by atoms with Gasteiger partial charge in [-0.05, 0) is 38.2 Å². The molecule has 31 heavy (non-hydrogen) atoms. The summed E-state index contributed by atoms with van der Waals surface area (Å²) in [7, 11) is 0. The first-order valence-electron chi connectivity index (χ1n) is 11.2.